The van der Waals surface area contributed by atoms with Crippen LogP contribution in [0.2, 0.25) is 0 Å². The molecule has 0 spiro atoms. The van der Waals surface area contributed by atoms with Gasteiger partial charge in [0.1, 0.15) is 30.5 Å². The molecule has 56 heavy (non-hydrogen) atoms. The molecule has 0 fully saturated rings. The van der Waals surface area contributed by atoms with Crippen molar-refractivity contribution in [2.75, 3.05) is 42.7 Å². The Kier molecular flexibility index (Phi) is 19.1. The summed E-state index contributed by atoms with van der Waals surface area (Å²) in [6.45, 7) is 0.451. The second-order valence-electron chi connectivity index (χ2n) is 11.7. The molecule has 5 aromatic rings. The van der Waals surface area contributed by atoms with Crippen molar-refractivity contribution < 1.29 is 57.4 Å². The van der Waals surface area contributed by atoms with Gasteiger partial charge in [0, 0.05) is 21.3 Å². The van der Waals surface area contributed by atoms with Gasteiger partial charge >= 0.3 is 17.9 Å². The minimum atomic E-state index is -1.01. The van der Waals surface area contributed by atoms with Gasteiger partial charge in [-0.3, -0.25) is 0 Å². The van der Waals surface area contributed by atoms with Crippen LogP contribution < -0.4 is 14.2 Å². The van der Waals surface area contributed by atoms with Crippen LogP contribution in [-0.4, -0.2) is 65.7 Å². The molecule has 0 aromatic heterocycles. The molecule has 0 radical (unpaired) electrons. The number of hydrogen-bond donors (Lipinski definition) is 1. The van der Waals surface area contributed by atoms with Crippen LogP contribution in [0.15, 0.2) is 133 Å². The lowest BCUT2D eigenvalue weighted by atomic mass is 10.1. The molecular formula is C44H48O12. The standard InChI is InChI=1S/2C17H18O4.C10H12O4/c2*1-19-15-10-6-9-14(11-15)16(20-2)17(18)21-12-13-7-4-3-5-8-13;1-13-8-5-3-4-7(6-8)9(14-2)10(11)12/h2*3-11,16H,12H2,1-2H3;3-6,9H,1-2H3,(H,11,12)/t2*16-;/m10./s1. The molecule has 3 atom stereocenters. The molecule has 0 bridgehead atoms. The fraction of sp³-hybridized carbons (Fsp3) is 0.250. The molecule has 12 nitrogen and oxygen atoms in total. The van der Waals surface area contributed by atoms with Crippen molar-refractivity contribution in [1.82, 2.24) is 0 Å². The maximum Gasteiger partial charge on any atom is 0.340 e. The Morgan fingerprint density at radius 1 is 0.446 bits per heavy atom. The maximum absolute atomic E-state index is 12.2. The van der Waals surface area contributed by atoms with E-state index in [0.717, 1.165) is 11.1 Å². The Hall–Kier alpha value is -6.21. The summed E-state index contributed by atoms with van der Waals surface area (Å²) in [5.74, 6) is 0.103. The number of carboxylic acid groups (broad SMARTS) is 1. The van der Waals surface area contributed by atoms with Crippen molar-refractivity contribution in [3.8, 4) is 17.2 Å². The summed E-state index contributed by atoms with van der Waals surface area (Å²) in [5, 5.41) is 8.82. The molecule has 1 N–H and O–H groups in total. The van der Waals surface area contributed by atoms with Gasteiger partial charge in [-0.1, -0.05) is 97.1 Å². The van der Waals surface area contributed by atoms with Crippen LogP contribution >= 0.6 is 0 Å². The molecule has 0 aliphatic rings. The molecule has 0 aliphatic heterocycles. The zero-order valence-electron chi connectivity index (χ0n) is 32.3. The number of benzene rings is 5. The van der Waals surface area contributed by atoms with E-state index in [2.05, 4.69) is 0 Å². The normalized spacial score (nSPS) is 11.8. The number of carbonyl (C=O) groups is 3. The minimum Gasteiger partial charge on any atom is -0.497 e. The minimum absolute atomic E-state index is 0.226. The molecule has 0 saturated carbocycles. The van der Waals surface area contributed by atoms with E-state index in [1.807, 2.05) is 84.9 Å². The third-order valence-electron chi connectivity index (χ3n) is 8.00. The van der Waals surface area contributed by atoms with Gasteiger partial charge < -0.3 is 43.0 Å². The smallest absolute Gasteiger partial charge is 0.340 e. The monoisotopic (exact) mass is 768 g/mol. The van der Waals surface area contributed by atoms with Gasteiger partial charge in [0.25, 0.3) is 0 Å². The molecule has 5 aromatic carbocycles. The van der Waals surface area contributed by atoms with E-state index < -0.39 is 36.2 Å². The molecule has 0 saturated heterocycles. The lowest BCUT2D eigenvalue weighted by molar-refractivity contribution is -0.158. The van der Waals surface area contributed by atoms with Crippen LogP contribution in [0.1, 0.15) is 46.1 Å². The molecular weight excluding hydrogens is 720 g/mol. The first kappa shape index (κ1) is 44.2. The molecule has 0 aliphatic carbocycles. The van der Waals surface area contributed by atoms with Gasteiger partial charge in [-0.25, -0.2) is 14.4 Å². The highest BCUT2D eigenvalue weighted by atomic mass is 16.6. The maximum atomic E-state index is 12.2. The van der Waals surface area contributed by atoms with Crippen LogP contribution in [-0.2, 0) is 51.3 Å². The lowest BCUT2D eigenvalue weighted by Crippen LogP contribution is -2.17. The highest BCUT2D eigenvalue weighted by Gasteiger charge is 2.23. The number of aliphatic carboxylic acids is 1. The van der Waals surface area contributed by atoms with Crippen LogP contribution in [0.3, 0.4) is 0 Å². The average Bonchev–Trinajstić information content (AvgIpc) is 3.24. The van der Waals surface area contributed by atoms with Gasteiger partial charge in [0.2, 0.25) is 0 Å². The SMILES string of the molecule is COc1cccc(C(OC)C(=O)O)c1.COc1cccc([C@@H](OC)C(=O)OCc2ccccc2)c1.COc1cccc([C@H](OC)C(=O)OCc2ccccc2)c1. The second kappa shape index (κ2) is 24.2. The van der Waals surface area contributed by atoms with E-state index in [1.54, 1.807) is 62.8 Å². The fourth-order valence-electron chi connectivity index (χ4n) is 5.14. The van der Waals surface area contributed by atoms with Crippen molar-refractivity contribution in [3.05, 3.63) is 161 Å². The van der Waals surface area contributed by atoms with E-state index in [0.29, 0.717) is 33.9 Å². The number of methoxy groups -OCH3 is 6. The van der Waals surface area contributed by atoms with Crippen molar-refractivity contribution in [2.45, 2.75) is 31.5 Å². The third-order valence-corrected chi connectivity index (χ3v) is 8.00. The fourth-order valence-corrected chi connectivity index (χ4v) is 5.14. The summed E-state index contributed by atoms with van der Waals surface area (Å²) in [7, 11) is 9.01. The predicted octanol–water partition coefficient (Wildman–Crippen LogP) is 7.72. The third kappa shape index (κ3) is 14.2. The first-order valence-electron chi connectivity index (χ1n) is 17.3. The Bertz CT molecular complexity index is 1810. The number of hydrogen-bond acceptors (Lipinski definition) is 11. The van der Waals surface area contributed by atoms with Gasteiger partial charge in [0.15, 0.2) is 18.3 Å². The number of carbonyl (C=O) groups excluding carboxylic acids is 2. The van der Waals surface area contributed by atoms with Crippen LogP contribution in [0.4, 0.5) is 0 Å². The topological polar surface area (TPSA) is 145 Å². The van der Waals surface area contributed by atoms with E-state index in [9.17, 15) is 14.4 Å². The Balaban J connectivity index is 0.000000231. The number of rotatable bonds is 16. The quantitative estimate of drug-likeness (QED) is 0.0982. The largest absolute Gasteiger partial charge is 0.497 e. The summed E-state index contributed by atoms with van der Waals surface area (Å²) in [4.78, 5) is 35.1. The van der Waals surface area contributed by atoms with Crippen molar-refractivity contribution >= 4 is 17.9 Å². The summed E-state index contributed by atoms with van der Waals surface area (Å²) >= 11 is 0. The van der Waals surface area contributed by atoms with E-state index >= 15 is 0 Å². The van der Waals surface area contributed by atoms with E-state index in [4.69, 9.17) is 43.0 Å². The summed E-state index contributed by atoms with van der Waals surface area (Å²) < 4.78 is 41.2. The Morgan fingerprint density at radius 2 is 0.768 bits per heavy atom. The first-order valence-corrected chi connectivity index (χ1v) is 17.3. The van der Waals surface area contributed by atoms with Crippen LogP contribution in [0, 0.1) is 0 Å². The first-order chi connectivity index (χ1) is 27.2. The van der Waals surface area contributed by atoms with E-state index in [-0.39, 0.29) is 13.2 Å². The molecule has 12 heteroatoms. The Morgan fingerprint density at radius 3 is 1.05 bits per heavy atom. The zero-order chi connectivity index (χ0) is 40.7. The van der Waals surface area contributed by atoms with Crippen LogP contribution in [0.5, 0.6) is 17.2 Å². The lowest BCUT2D eigenvalue weighted by Gasteiger charge is -2.15. The van der Waals surface area contributed by atoms with Gasteiger partial charge in [-0.15, -0.1) is 0 Å². The van der Waals surface area contributed by atoms with E-state index in [1.165, 1.54) is 28.4 Å². The summed E-state index contributed by atoms with van der Waals surface area (Å²) in [5.41, 5.74) is 3.85. The van der Waals surface area contributed by atoms with Gasteiger partial charge in [-0.2, -0.15) is 0 Å². The average molecular weight is 769 g/mol. The predicted molar refractivity (Wildman–Crippen MR) is 208 cm³/mol. The van der Waals surface area contributed by atoms with Crippen molar-refractivity contribution in [3.63, 3.8) is 0 Å². The Labute approximate surface area is 327 Å². The zero-order valence-corrected chi connectivity index (χ0v) is 32.3. The highest BCUT2D eigenvalue weighted by molar-refractivity contribution is 5.77. The molecule has 1 unspecified atom stereocenters. The number of ether oxygens (including phenoxy) is 8. The summed E-state index contributed by atoms with van der Waals surface area (Å²) in [6, 6.07) is 40.2. The highest BCUT2D eigenvalue weighted by Crippen LogP contribution is 2.25. The van der Waals surface area contributed by atoms with Crippen LogP contribution in [0.25, 0.3) is 0 Å². The van der Waals surface area contributed by atoms with Crippen molar-refractivity contribution in [2.24, 2.45) is 0 Å². The molecule has 0 heterocycles. The van der Waals surface area contributed by atoms with Gasteiger partial charge in [-0.05, 0) is 64.2 Å². The molecule has 296 valence electrons. The summed E-state index contributed by atoms with van der Waals surface area (Å²) in [6.07, 6.45) is -2.46. The van der Waals surface area contributed by atoms with Gasteiger partial charge in [0.05, 0.1) is 21.3 Å². The molecule has 0 amide bonds. The molecule has 5 rings (SSSR count). The van der Waals surface area contributed by atoms with Crippen molar-refractivity contribution in [1.29, 1.82) is 0 Å². The number of carboxylic acids is 1. The second-order valence-corrected chi connectivity index (χ2v) is 11.7. The number of esters is 2.